The molecule has 0 unspecified atom stereocenters. The molecule has 0 fully saturated rings. The van der Waals surface area contributed by atoms with Crippen LogP contribution in [0.4, 0.5) is 5.69 Å². The van der Waals surface area contributed by atoms with Crippen molar-refractivity contribution < 1.29 is 4.79 Å². The van der Waals surface area contributed by atoms with Gasteiger partial charge in [-0.25, -0.2) is 0 Å². The van der Waals surface area contributed by atoms with Crippen LogP contribution in [-0.2, 0) is 24.1 Å². The number of carbonyl (C=O) groups excluding carboxylic acids is 1. The minimum Gasteiger partial charge on any atom is -0.329 e. The zero-order valence-electron chi connectivity index (χ0n) is 16.4. The number of nitrogens with one attached hydrogen (secondary N) is 1. The lowest BCUT2D eigenvalue weighted by Crippen LogP contribution is -2.38. The molecule has 5 heteroatoms. The van der Waals surface area contributed by atoms with Gasteiger partial charge >= 0.3 is 0 Å². The van der Waals surface area contributed by atoms with Crippen molar-refractivity contribution in [2.75, 3.05) is 31.5 Å². The van der Waals surface area contributed by atoms with Crippen molar-refractivity contribution in [2.45, 2.75) is 33.1 Å². The Morgan fingerprint density at radius 3 is 2.15 bits per heavy atom. The summed E-state index contributed by atoms with van der Waals surface area (Å²) in [6.07, 6.45) is 2.73. The molecule has 27 heavy (non-hydrogen) atoms. The van der Waals surface area contributed by atoms with Gasteiger partial charge in [0, 0.05) is 25.3 Å². The zero-order chi connectivity index (χ0) is 18.8. The summed E-state index contributed by atoms with van der Waals surface area (Å²) in [7, 11) is 0. The number of carbonyl (C=O) groups is 1. The molecule has 0 aliphatic heterocycles. The highest BCUT2D eigenvalue weighted by atomic mass is 35.5. The Balaban J connectivity index is 0.00000364. The second-order valence-corrected chi connectivity index (χ2v) is 6.51. The molecule has 0 saturated heterocycles. The molecule has 0 aliphatic carbocycles. The SMILES string of the molecule is CCc1cccc(CC)c1NC(=O)CN(CCN)CCc1ccccc1.Cl. The van der Waals surface area contributed by atoms with Crippen molar-refractivity contribution in [1.82, 2.24) is 4.90 Å². The molecule has 3 N–H and O–H groups in total. The molecule has 0 aliphatic rings. The lowest BCUT2D eigenvalue weighted by Gasteiger charge is -2.22. The quantitative estimate of drug-likeness (QED) is 0.651. The Morgan fingerprint density at radius 1 is 0.963 bits per heavy atom. The Morgan fingerprint density at radius 2 is 1.59 bits per heavy atom. The maximum atomic E-state index is 12.7. The maximum absolute atomic E-state index is 12.7. The Labute approximate surface area is 169 Å². The largest absolute Gasteiger partial charge is 0.329 e. The monoisotopic (exact) mass is 389 g/mol. The molecule has 148 valence electrons. The Kier molecular flexibility index (Phi) is 10.7. The summed E-state index contributed by atoms with van der Waals surface area (Å²) in [6, 6.07) is 16.6. The fourth-order valence-electron chi connectivity index (χ4n) is 3.17. The zero-order valence-corrected chi connectivity index (χ0v) is 17.2. The van der Waals surface area contributed by atoms with E-state index >= 15 is 0 Å². The van der Waals surface area contributed by atoms with Crippen LogP contribution >= 0.6 is 12.4 Å². The van der Waals surface area contributed by atoms with Crippen molar-refractivity contribution in [3.8, 4) is 0 Å². The van der Waals surface area contributed by atoms with Gasteiger partial charge in [-0.1, -0.05) is 62.4 Å². The molecule has 0 bridgehead atoms. The van der Waals surface area contributed by atoms with E-state index in [1.165, 1.54) is 16.7 Å². The van der Waals surface area contributed by atoms with Crippen LogP contribution in [0, 0.1) is 0 Å². The summed E-state index contributed by atoms with van der Waals surface area (Å²) in [5, 5.41) is 3.15. The average molecular weight is 390 g/mol. The summed E-state index contributed by atoms with van der Waals surface area (Å²) in [6.45, 7) is 6.69. The molecule has 4 nitrogen and oxygen atoms in total. The smallest absolute Gasteiger partial charge is 0.238 e. The van der Waals surface area contributed by atoms with Gasteiger partial charge < -0.3 is 11.1 Å². The Hall–Kier alpha value is -1.88. The van der Waals surface area contributed by atoms with E-state index in [1.807, 2.05) is 18.2 Å². The third-order valence-corrected chi connectivity index (χ3v) is 4.64. The standard InChI is InChI=1S/C22H31N3O.ClH/c1-3-19-11-8-12-20(4-2)22(19)24-21(26)17-25(16-14-23)15-13-18-9-6-5-7-10-18;/h5-12H,3-4,13-17,23H2,1-2H3,(H,24,26);1H. The summed E-state index contributed by atoms with van der Waals surface area (Å²) in [4.78, 5) is 14.8. The van der Waals surface area contributed by atoms with Gasteiger partial charge in [0.25, 0.3) is 0 Å². The van der Waals surface area contributed by atoms with E-state index in [2.05, 4.69) is 54.4 Å². The molecular weight excluding hydrogens is 358 g/mol. The number of hydrogen-bond acceptors (Lipinski definition) is 3. The van der Waals surface area contributed by atoms with E-state index < -0.39 is 0 Å². The third kappa shape index (κ3) is 7.33. The highest BCUT2D eigenvalue weighted by Gasteiger charge is 2.14. The van der Waals surface area contributed by atoms with Gasteiger partial charge in [0.2, 0.25) is 5.91 Å². The van der Waals surface area contributed by atoms with Gasteiger partial charge in [0.1, 0.15) is 0 Å². The highest BCUT2D eigenvalue weighted by Crippen LogP contribution is 2.22. The fraction of sp³-hybridized carbons (Fsp3) is 0.409. The van der Waals surface area contributed by atoms with Crippen molar-refractivity contribution in [1.29, 1.82) is 0 Å². The predicted molar refractivity (Wildman–Crippen MR) is 117 cm³/mol. The first kappa shape index (κ1) is 23.2. The average Bonchev–Trinajstić information content (AvgIpc) is 2.67. The van der Waals surface area contributed by atoms with Gasteiger partial charge in [-0.3, -0.25) is 9.69 Å². The molecule has 0 atom stereocenters. The number of nitrogens with zero attached hydrogens (tertiary/aromatic N) is 1. The van der Waals surface area contributed by atoms with Crippen molar-refractivity contribution in [3.05, 3.63) is 65.2 Å². The first-order valence-corrected chi connectivity index (χ1v) is 9.54. The summed E-state index contributed by atoms with van der Waals surface area (Å²) >= 11 is 0. The molecule has 1 amide bonds. The van der Waals surface area contributed by atoms with Gasteiger partial charge in [-0.2, -0.15) is 0 Å². The van der Waals surface area contributed by atoms with Crippen LogP contribution in [0.3, 0.4) is 0 Å². The minimum atomic E-state index is 0. The minimum absolute atomic E-state index is 0. The number of hydrogen-bond donors (Lipinski definition) is 2. The van der Waals surface area contributed by atoms with Gasteiger partial charge in [0.05, 0.1) is 6.54 Å². The molecule has 2 rings (SSSR count). The molecule has 0 radical (unpaired) electrons. The van der Waals surface area contributed by atoms with Crippen molar-refractivity contribution >= 4 is 24.0 Å². The molecule has 0 spiro atoms. The Bertz CT molecular complexity index is 669. The topological polar surface area (TPSA) is 58.4 Å². The molecule has 0 aromatic heterocycles. The van der Waals surface area contributed by atoms with E-state index in [9.17, 15) is 4.79 Å². The van der Waals surface area contributed by atoms with E-state index in [1.54, 1.807) is 0 Å². The molecular formula is C22H32ClN3O. The number of halogens is 1. The van der Waals surface area contributed by atoms with Crippen LogP contribution in [0.25, 0.3) is 0 Å². The van der Waals surface area contributed by atoms with Crippen LogP contribution in [0.1, 0.15) is 30.5 Å². The van der Waals surface area contributed by atoms with E-state index in [0.29, 0.717) is 13.1 Å². The maximum Gasteiger partial charge on any atom is 0.238 e. The van der Waals surface area contributed by atoms with Crippen LogP contribution < -0.4 is 11.1 Å². The van der Waals surface area contributed by atoms with E-state index in [0.717, 1.165) is 38.0 Å². The first-order valence-electron chi connectivity index (χ1n) is 9.54. The molecule has 2 aromatic rings. The van der Waals surface area contributed by atoms with Gasteiger partial charge in [0.15, 0.2) is 0 Å². The predicted octanol–water partition coefficient (Wildman–Crippen LogP) is 3.68. The highest BCUT2D eigenvalue weighted by molar-refractivity contribution is 5.93. The van der Waals surface area contributed by atoms with Gasteiger partial charge in [-0.15, -0.1) is 12.4 Å². The number of anilines is 1. The van der Waals surface area contributed by atoms with Crippen molar-refractivity contribution in [2.24, 2.45) is 5.73 Å². The second kappa shape index (κ2) is 12.5. The first-order chi connectivity index (χ1) is 12.7. The lowest BCUT2D eigenvalue weighted by atomic mass is 10.0. The fourth-order valence-corrected chi connectivity index (χ4v) is 3.17. The normalized spacial score (nSPS) is 10.5. The summed E-state index contributed by atoms with van der Waals surface area (Å²) in [5.74, 6) is 0.0297. The molecule has 0 saturated carbocycles. The number of benzene rings is 2. The number of nitrogens with two attached hydrogens (primary N) is 1. The van der Waals surface area contributed by atoms with Crippen LogP contribution in [0.2, 0.25) is 0 Å². The van der Waals surface area contributed by atoms with E-state index in [-0.39, 0.29) is 18.3 Å². The summed E-state index contributed by atoms with van der Waals surface area (Å²) < 4.78 is 0. The number of amides is 1. The third-order valence-electron chi connectivity index (χ3n) is 4.64. The number of aryl methyl sites for hydroxylation is 2. The second-order valence-electron chi connectivity index (χ2n) is 6.51. The number of para-hydroxylation sites is 1. The van der Waals surface area contributed by atoms with Crippen LogP contribution in [0.5, 0.6) is 0 Å². The summed E-state index contributed by atoms with van der Waals surface area (Å²) in [5.41, 5.74) is 10.4. The van der Waals surface area contributed by atoms with E-state index in [4.69, 9.17) is 5.73 Å². The number of rotatable bonds is 10. The van der Waals surface area contributed by atoms with Crippen LogP contribution in [0.15, 0.2) is 48.5 Å². The van der Waals surface area contributed by atoms with Crippen molar-refractivity contribution in [3.63, 3.8) is 0 Å². The van der Waals surface area contributed by atoms with Gasteiger partial charge in [-0.05, 0) is 36.0 Å². The molecule has 2 aromatic carbocycles. The molecule has 0 heterocycles. The lowest BCUT2D eigenvalue weighted by molar-refractivity contribution is -0.117. The van der Waals surface area contributed by atoms with Crippen LogP contribution in [-0.4, -0.2) is 37.0 Å².